The van der Waals surface area contributed by atoms with Crippen molar-refractivity contribution in [2.75, 3.05) is 31.1 Å². The number of fused-ring (bicyclic) bond motifs is 1. The van der Waals surface area contributed by atoms with Gasteiger partial charge in [-0.2, -0.15) is 0 Å². The molecule has 1 aliphatic rings. The number of anilines is 1. The molecule has 0 radical (unpaired) electrons. The molecule has 1 aromatic heterocycles. The van der Waals surface area contributed by atoms with Crippen molar-refractivity contribution >= 4 is 33.8 Å². The Bertz CT molecular complexity index is 1910. The molecular formula is C32H32FN5O6S. The Balaban J connectivity index is 1.28. The fraction of sp³-hybridized carbons (Fsp3) is 0.281. The number of rotatable bonds is 8. The van der Waals surface area contributed by atoms with Gasteiger partial charge in [-0.15, -0.1) is 4.41 Å². The first-order chi connectivity index (χ1) is 21.5. The second-order valence-electron chi connectivity index (χ2n) is 11.0. The number of piperazine rings is 1. The summed E-state index contributed by atoms with van der Waals surface area (Å²) in [5.41, 5.74) is 2.26. The van der Waals surface area contributed by atoms with Gasteiger partial charge in [0.25, 0.3) is 5.56 Å². The molecule has 2 heterocycles. The minimum atomic E-state index is -2.47. The van der Waals surface area contributed by atoms with E-state index in [2.05, 4.69) is 21.7 Å². The maximum absolute atomic E-state index is 13.3. The Morgan fingerprint density at radius 2 is 1.60 bits per heavy atom. The van der Waals surface area contributed by atoms with Crippen LogP contribution in [0.5, 0.6) is 0 Å². The summed E-state index contributed by atoms with van der Waals surface area (Å²) in [6, 6.07) is 17.1. The molecule has 13 heteroatoms. The zero-order valence-electron chi connectivity index (χ0n) is 24.6. The van der Waals surface area contributed by atoms with Crippen LogP contribution in [-0.4, -0.2) is 71.0 Å². The van der Waals surface area contributed by atoms with Crippen molar-refractivity contribution in [3.8, 4) is 11.8 Å². The number of carbonyl (C=O) groups is 1. The highest BCUT2D eigenvalue weighted by molar-refractivity contribution is 7.76. The summed E-state index contributed by atoms with van der Waals surface area (Å²) in [5.74, 6) is 4.25. The van der Waals surface area contributed by atoms with E-state index >= 15 is 0 Å². The van der Waals surface area contributed by atoms with Crippen LogP contribution in [-0.2, 0) is 22.6 Å². The predicted molar refractivity (Wildman–Crippen MR) is 169 cm³/mol. The fourth-order valence-corrected chi connectivity index (χ4v) is 6.19. The van der Waals surface area contributed by atoms with E-state index in [1.165, 1.54) is 24.3 Å². The number of hydrogen-bond acceptors (Lipinski definition) is 6. The van der Waals surface area contributed by atoms with Gasteiger partial charge in [0.05, 0.1) is 17.4 Å². The Hall–Kier alpha value is -4.61. The molecule has 1 fully saturated rings. The quantitative estimate of drug-likeness (QED) is 0.199. The number of nitrogens with one attached hydrogen (secondary N) is 1. The van der Waals surface area contributed by atoms with Crippen molar-refractivity contribution in [1.29, 1.82) is 0 Å². The molecule has 5 rings (SSSR count). The molecule has 2 unspecified atom stereocenters. The van der Waals surface area contributed by atoms with Gasteiger partial charge in [0.15, 0.2) is 0 Å². The number of benzene rings is 3. The Morgan fingerprint density at radius 3 is 2.20 bits per heavy atom. The van der Waals surface area contributed by atoms with E-state index in [4.69, 9.17) is 0 Å². The van der Waals surface area contributed by atoms with E-state index in [0.29, 0.717) is 48.2 Å². The highest BCUT2D eigenvalue weighted by Gasteiger charge is 2.38. The molecule has 1 aliphatic heterocycles. The number of aromatic nitrogens is 2. The SMILES string of the molecule is CC(C)C(C(=O)O)N(N1CCN(c2ccc(C#Cc3ccc4[nH]c(=O)n(Cc5ccc(F)cc5)c(=O)c4c3)cc2)CC1)S(=O)O. The topological polar surface area (TPSA) is 139 Å². The number of carboxylic acid groups (broad SMARTS) is 1. The second kappa shape index (κ2) is 13.6. The van der Waals surface area contributed by atoms with Crippen molar-refractivity contribution in [3.05, 3.63) is 110 Å². The average Bonchev–Trinajstić information content (AvgIpc) is 3.01. The van der Waals surface area contributed by atoms with E-state index < -0.39 is 40.3 Å². The number of nitrogens with zero attached hydrogens (tertiary/aromatic N) is 4. The van der Waals surface area contributed by atoms with Gasteiger partial charge in [-0.1, -0.05) is 37.8 Å². The van der Waals surface area contributed by atoms with Gasteiger partial charge in [0, 0.05) is 43.0 Å². The maximum atomic E-state index is 13.3. The summed E-state index contributed by atoms with van der Waals surface area (Å²) in [4.78, 5) is 42.4. The molecule has 11 nitrogen and oxygen atoms in total. The first-order valence-electron chi connectivity index (χ1n) is 14.3. The average molecular weight is 634 g/mol. The van der Waals surface area contributed by atoms with E-state index in [1.54, 1.807) is 37.1 Å². The van der Waals surface area contributed by atoms with Crippen LogP contribution in [0.4, 0.5) is 10.1 Å². The zero-order valence-corrected chi connectivity index (χ0v) is 25.5. The lowest BCUT2D eigenvalue weighted by Crippen LogP contribution is -2.60. The third-order valence-electron chi connectivity index (χ3n) is 7.64. The predicted octanol–water partition coefficient (Wildman–Crippen LogP) is 2.86. The fourth-order valence-electron chi connectivity index (χ4n) is 5.30. The van der Waals surface area contributed by atoms with E-state index in [0.717, 1.165) is 20.2 Å². The summed E-state index contributed by atoms with van der Waals surface area (Å²) in [6.07, 6.45) is 0. The van der Waals surface area contributed by atoms with E-state index in [-0.39, 0.29) is 12.5 Å². The minimum absolute atomic E-state index is 0.00167. The number of hydrazine groups is 1. The molecule has 45 heavy (non-hydrogen) atoms. The van der Waals surface area contributed by atoms with Crippen molar-refractivity contribution in [2.24, 2.45) is 5.92 Å². The highest BCUT2D eigenvalue weighted by atomic mass is 32.2. The molecule has 3 N–H and O–H groups in total. The molecular weight excluding hydrogens is 601 g/mol. The molecule has 0 aliphatic carbocycles. The lowest BCUT2D eigenvalue weighted by atomic mass is 10.1. The van der Waals surface area contributed by atoms with Crippen molar-refractivity contribution < 1.29 is 23.1 Å². The number of hydrogen-bond donors (Lipinski definition) is 3. The minimum Gasteiger partial charge on any atom is -0.480 e. The Labute approximate surface area is 260 Å². The molecule has 234 valence electrons. The zero-order chi connectivity index (χ0) is 32.2. The van der Waals surface area contributed by atoms with Crippen LogP contribution in [0, 0.1) is 23.6 Å². The normalized spacial score (nSPS) is 15.2. The smallest absolute Gasteiger partial charge is 0.329 e. The molecule has 0 spiro atoms. The van der Waals surface area contributed by atoms with Gasteiger partial charge >= 0.3 is 11.7 Å². The van der Waals surface area contributed by atoms with E-state index in [1.807, 2.05) is 24.3 Å². The Morgan fingerprint density at radius 1 is 0.978 bits per heavy atom. The summed E-state index contributed by atoms with van der Waals surface area (Å²) in [7, 11) is 0. The number of aromatic amines is 1. The summed E-state index contributed by atoms with van der Waals surface area (Å²) in [6.45, 7) is 5.22. The van der Waals surface area contributed by atoms with Crippen LogP contribution < -0.4 is 16.1 Å². The van der Waals surface area contributed by atoms with Crippen LogP contribution in [0.25, 0.3) is 10.9 Å². The van der Waals surface area contributed by atoms with Crippen molar-refractivity contribution in [1.82, 2.24) is 19.0 Å². The molecule has 1 saturated heterocycles. The van der Waals surface area contributed by atoms with Gasteiger partial charge in [-0.25, -0.2) is 18.4 Å². The summed E-state index contributed by atoms with van der Waals surface area (Å²) >= 11 is -2.47. The lowest BCUT2D eigenvalue weighted by Gasteiger charge is -2.42. The first-order valence-corrected chi connectivity index (χ1v) is 15.3. The van der Waals surface area contributed by atoms with Gasteiger partial charge in [-0.05, 0) is 66.1 Å². The third-order valence-corrected chi connectivity index (χ3v) is 8.41. The molecule has 3 aromatic carbocycles. The lowest BCUT2D eigenvalue weighted by molar-refractivity contribution is -0.148. The largest absolute Gasteiger partial charge is 0.480 e. The summed E-state index contributed by atoms with van der Waals surface area (Å²) < 4.78 is 37.3. The highest BCUT2D eigenvalue weighted by Crippen LogP contribution is 2.22. The molecule has 0 bridgehead atoms. The van der Waals surface area contributed by atoms with Crippen LogP contribution in [0.2, 0.25) is 0 Å². The van der Waals surface area contributed by atoms with Gasteiger partial charge < -0.3 is 15.0 Å². The number of carboxylic acids is 1. The number of H-pyrrole nitrogens is 1. The third kappa shape index (κ3) is 7.21. The van der Waals surface area contributed by atoms with Gasteiger partial charge in [0.1, 0.15) is 11.9 Å². The van der Waals surface area contributed by atoms with Crippen LogP contribution >= 0.6 is 0 Å². The van der Waals surface area contributed by atoms with Gasteiger partial charge in [0.2, 0.25) is 11.3 Å². The molecule has 2 atom stereocenters. The number of halogens is 1. The van der Waals surface area contributed by atoms with E-state index in [9.17, 15) is 32.6 Å². The molecule has 4 aromatic rings. The number of aliphatic carboxylic acids is 1. The monoisotopic (exact) mass is 633 g/mol. The molecule has 0 amide bonds. The first kappa shape index (κ1) is 31.8. The molecule has 0 saturated carbocycles. The van der Waals surface area contributed by atoms with Crippen LogP contribution in [0.3, 0.4) is 0 Å². The Kier molecular flexibility index (Phi) is 9.60. The van der Waals surface area contributed by atoms with Crippen molar-refractivity contribution in [3.63, 3.8) is 0 Å². The van der Waals surface area contributed by atoms with Crippen LogP contribution in [0.15, 0.2) is 76.3 Å². The van der Waals surface area contributed by atoms with Gasteiger partial charge in [-0.3, -0.25) is 18.7 Å². The standard InChI is InChI=1S/C32H32FN5O6S/c1-21(2)29(31(40)41)38(45(43)44)36-17-15-35(16-18-36)26-12-7-22(8-13-26)3-4-23-9-14-28-27(19-23)30(39)37(32(42)34-28)20-24-5-10-25(33)11-6-24/h5-14,19,21,29H,15-18,20H2,1-2H3,(H,34,42)(H,40,41)(H,43,44). The summed E-state index contributed by atoms with van der Waals surface area (Å²) in [5, 5.41) is 11.6. The maximum Gasteiger partial charge on any atom is 0.329 e. The van der Waals surface area contributed by atoms with Crippen molar-refractivity contribution in [2.45, 2.75) is 26.4 Å². The van der Waals surface area contributed by atoms with Crippen LogP contribution in [0.1, 0.15) is 30.5 Å². The second-order valence-corrected chi connectivity index (χ2v) is 11.8.